The molecule has 0 aromatic heterocycles. The summed E-state index contributed by atoms with van der Waals surface area (Å²) in [7, 11) is 0. The molecule has 0 aliphatic rings. The summed E-state index contributed by atoms with van der Waals surface area (Å²) in [5.74, 6) is 1.22. The molecule has 0 bridgehead atoms. The van der Waals surface area contributed by atoms with E-state index in [0.717, 1.165) is 24.8 Å². The van der Waals surface area contributed by atoms with Gasteiger partial charge in [-0.2, -0.15) is 0 Å². The van der Waals surface area contributed by atoms with E-state index < -0.39 is 0 Å². The highest BCUT2D eigenvalue weighted by Gasteiger charge is 2.10. The molecule has 0 saturated carbocycles. The Hall–Kier alpha value is -1.08. The molecule has 1 nitrogen and oxygen atoms in total. The van der Waals surface area contributed by atoms with Gasteiger partial charge in [-0.05, 0) is 62.5 Å². The molecular formula is C20H32O. The molecule has 2 unspecified atom stereocenters. The number of allylic oxidation sites excluding steroid dienone is 2. The summed E-state index contributed by atoms with van der Waals surface area (Å²) in [6.45, 7) is 11.0. The number of hydrogen-bond acceptors (Lipinski definition) is 1. The van der Waals surface area contributed by atoms with Crippen molar-refractivity contribution in [3.8, 4) is 0 Å². The van der Waals surface area contributed by atoms with E-state index in [0.29, 0.717) is 11.8 Å². The zero-order valence-electron chi connectivity index (χ0n) is 14.4. The van der Waals surface area contributed by atoms with E-state index in [4.69, 9.17) is 0 Å². The van der Waals surface area contributed by atoms with Gasteiger partial charge in [-0.25, -0.2) is 0 Å². The van der Waals surface area contributed by atoms with Crippen molar-refractivity contribution in [3.63, 3.8) is 0 Å². The average molecular weight is 288 g/mol. The van der Waals surface area contributed by atoms with Crippen LogP contribution in [0.1, 0.15) is 83.5 Å². The fraction of sp³-hybridized carbons (Fsp3) is 0.600. The maximum absolute atomic E-state index is 10.3. The smallest absolute Gasteiger partial charge is 0.0790 e. The van der Waals surface area contributed by atoms with Crippen LogP contribution < -0.4 is 0 Å². The Kier molecular flexibility index (Phi) is 7.74. The molecule has 0 amide bonds. The van der Waals surface area contributed by atoms with Crippen LogP contribution in [0.15, 0.2) is 35.9 Å². The number of hydrogen-bond donors (Lipinski definition) is 1. The average Bonchev–Trinajstić information content (AvgIpc) is 2.44. The summed E-state index contributed by atoms with van der Waals surface area (Å²) in [5.41, 5.74) is 3.78. The van der Waals surface area contributed by atoms with E-state index >= 15 is 0 Å². The van der Waals surface area contributed by atoms with Gasteiger partial charge in [0.2, 0.25) is 0 Å². The van der Waals surface area contributed by atoms with Crippen molar-refractivity contribution in [2.45, 2.75) is 72.3 Å². The Morgan fingerprint density at radius 2 is 1.52 bits per heavy atom. The molecule has 0 fully saturated rings. The molecule has 1 rings (SSSR count). The van der Waals surface area contributed by atoms with E-state index in [1.807, 2.05) is 0 Å². The molecule has 1 aromatic rings. The SMILES string of the molecule is CC(C)=CCCC(C)CCC(O)c1ccc(C(C)C)cc1. The molecule has 1 N–H and O–H groups in total. The third kappa shape index (κ3) is 6.95. The molecule has 1 aromatic carbocycles. The zero-order valence-corrected chi connectivity index (χ0v) is 14.4. The summed E-state index contributed by atoms with van der Waals surface area (Å²) in [5, 5.41) is 10.3. The summed E-state index contributed by atoms with van der Waals surface area (Å²) in [6.07, 6.45) is 6.29. The van der Waals surface area contributed by atoms with Crippen molar-refractivity contribution in [3.05, 3.63) is 47.0 Å². The Morgan fingerprint density at radius 3 is 2.05 bits per heavy atom. The Bertz CT molecular complexity index is 424. The van der Waals surface area contributed by atoms with Crippen LogP contribution >= 0.6 is 0 Å². The van der Waals surface area contributed by atoms with E-state index in [9.17, 15) is 5.11 Å². The number of rotatable bonds is 8. The molecule has 0 saturated heterocycles. The second-order valence-corrected chi connectivity index (χ2v) is 6.88. The lowest BCUT2D eigenvalue weighted by Gasteiger charge is -2.15. The largest absolute Gasteiger partial charge is 0.388 e. The van der Waals surface area contributed by atoms with Gasteiger partial charge in [-0.3, -0.25) is 0 Å². The van der Waals surface area contributed by atoms with E-state index in [2.05, 4.69) is 65.0 Å². The van der Waals surface area contributed by atoms with Crippen LogP contribution in [-0.2, 0) is 0 Å². The van der Waals surface area contributed by atoms with Crippen LogP contribution in [0.5, 0.6) is 0 Å². The molecule has 0 spiro atoms. The second-order valence-electron chi connectivity index (χ2n) is 6.88. The predicted octanol–water partition coefficient (Wildman–Crippen LogP) is 6.01. The van der Waals surface area contributed by atoms with E-state index in [1.54, 1.807) is 0 Å². The highest BCUT2D eigenvalue weighted by molar-refractivity contribution is 5.26. The van der Waals surface area contributed by atoms with Crippen molar-refractivity contribution >= 4 is 0 Å². The second kappa shape index (κ2) is 9.04. The van der Waals surface area contributed by atoms with Crippen LogP contribution in [0.4, 0.5) is 0 Å². The minimum absolute atomic E-state index is 0.322. The maximum Gasteiger partial charge on any atom is 0.0790 e. The first-order valence-electron chi connectivity index (χ1n) is 8.31. The Morgan fingerprint density at radius 1 is 0.952 bits per heavy atom. The van der Waals surface area contributed by atoms with Crippen molar-refractivity contribution in [2.75, 3.05) is 0 Å². The van der Waals surface area contributed by atoms with Crippen molar-refractivity contribution in [1.82, 2.24) is 0 Å². The standard InChI is InChI=1S/C20H32O/c1-15(2)7-6-8-17(5)9-14-20(21)19-12-10-18(11-13-19)16(3)4/h7,10-13,16-17,20-21H,6,8-9,14H2,1-5H3. The lowest BCUT2D eigenvalue weighted by molar-refractivity contribution is 0.157. The third-order valence-corrected chi connectivity index (χ3v) is 4.13. The maximum atomic E-state index is 10.3. The summed E-state index contributed by atoms with van der Waals surface area (Å²) >= 11 is 0. The van der Waals surface area contributed by atoms with Gasteiger partial charge in [0.25, 0.3) is 0 Å². The van der Waals surface area contributed by atoms with Crippen LogP contribution in [0, 0.1) is 5.92 Å². The first-order valence-corrected chi connectivity index (χ1v) is 8.31. The summed E-state index contributed by atoms with van der Waals surface area (Å²) in [6, 6.07) is 8.44. The van der Waals surface area contributed by atoms with Gasteiger partial charge in [0.15, 0.2) is 0 Å². The molecule has 0 aliphatic carbocycles. The normalized spacial score (nSPS) is 14.0. The lowest BCUT2D eigenvalue weighted by atomic mass is 9.94. The molecule has 0 aliphatic heterocycles. The van der Waals surface area contributed by atoms with Gasteiger partial charge in [0.1, 0.15) is 0 Å². The zero-order chi connectivity index (χ0) is 15.8. The Labute approximate surface area is 131 Å². The highest BCUT2D eigenvalue weighted by atomic mass is 16.3. The molecule has 118 valence electrons. The topological polar surface area (TPSA) is 20.2 Å². The predicted molar refractivity (Wildman–Crippen MR) is 92.6 cm³/mol. The lowest BCUT2D eigenvalue weighted by Crippen LogP contribution is -2.02. The summed E-state index contributed by atoms with van der Waals surface area (Å²) in [4.78, 5) is 0. The Balaban J connectivity index is 2.39. The van der Waals surface area contributed by atoms with Gasteiger partial charge < -0.3 is 5.11 Å². The van der Waals surface area contributed by atoms with Crippen molar-refractivity contribution < 1.29 is 5.11 Å². The quantitative estimate of drug-likeness (QED) is 0.581. The van der Waals surface area contributed by atoms with Crippen LogP contribution in [0.25, 0.3) is 0 Å². The minimum Gasteiger partial charge on any atom is -0.388 e. The number of benzene rings is 1. The van der Waals surface area contributed by atoms with Crippen molar-refractivity contribution in [2.24, 2.45) is 5.92 Å². The van der Waals surface area contributed by atoms with Crippen LogP contribution in [0.2, 0.25) is 0 Å². The number of aliphatic hydroxyl groups is 1. The van der Waals surface area contributed by atoms with Crippen LogP contribution in [-0.4, -0.2) is 5.11 Å². The molecular weight excluding hydrogens is 256 g/mol. The molecule has 2 atom stereocenters. The van der Waals surface area contributed by atoms with Gasteiger partial charge in [0.05, 0.1) is 6.10 Å². The number of aliphatic hydroxyl groups excluding tert-OH is 1. The minimum atomic E-state index is -0.322. The van der Waals surface area contributed by atoms with Gasteiger partial charge in [-0.15, -0.1) is 0 Å². The third-order valence-electron chi connectivity index (χ3n) is 4.13. The molecule has 21 heavy (non-hydrogen) atoms. The van der Waals surface area contributed by atoms with E-state index in [1.165, 1.54) is 17.6 Å². The van der Waals surface area contributed by atoms with Crippen molar-refractivity contribution in [1.29, 1.82) is 0 Å². The fourth-order valence-corrected chi connectivity index (χ4v) is 2.51. The van der Waals surface area contributed by atoms with Gasteiger partial charge in [-0.1, -0.05) is 56.7 Å². The highest BCUT2D eigenvalue weighted by Crippen LogP contribution is 2.24. The first kappa shape index (κ1) is 18.0. The monoisotopic (exact) mass is 288 g/mol. The molecule has 1 heteroatoms. The molecule has 0 radical (unpaired) electrons. The van der Waals surface area contributed by atoms with Gasteiger partial charge in [0, 0.05) is 0 Å². The summed E-state index contributed by atoms with van der Waals surface area (Å²) < 4.78 is 0. The van der Waals surface area contributed by atoms with Crippen LogP contribution in [0.3, 0.4) is 0 Å². The van der Waals surface area contributed by atoms with E-state index in [-0.39, 0.29) is 6.10 Å². The molecule has 0 heterocycles. The van der Waals surface area contributed by atoms with Gasteiger partial charge >= 0.3 is 0 Å². The fourth-order valence-electron chi connectivity index (χ4n) is 2.51. The first-order chi connectivity index (χ1) is 9.90.